The number of nitriles is 1. The first kappa shape index (κ1) is 14.3. The highest BCUT2D eigenvalue weighted by Crippen LogP contribution is 2.21. The smallest absolute Gasteiger partial charge is 0.161 e. The lowest BCUT2D eigenvalue weighted by molar-refractivity contribution is 0.0713. The quantitative estimate of drug-likeness (QED) is 0.894. The third kappa shape index (κ3) is 3.07. The maximum absolute atomic E-state index is 10.4. The molecule has 6 nitrogen and oxygen atoms in total. The highest BCUT2D eigenvalue weighted by atomic mass is 35.5. The van der Waals surface area contributed by atoms with E-state index in [9.17, 15) is 5.11 Å². The van der Waals surface area contributed by atoms with Gasteiger partial charge in [-0.15, -0.1) is 0 Å². The zero-order chi connectivity index (χ0) is 14.8. The molecule has 0 aliphatic rings. The number of aryl methyl sites for hydroxylation is 1. The standard InChI is InChI=1S/C13H14ClN5O/c1-13(20,9-6-17-19(2)7-9)8-16-12-4-3-10(14)11(5-15)18-12/h3-4,6-7,20H,8H2,1-2H3,(H,16,18)/t13-/m1/s1. The van der Waals surface area contributed by atoms with Gasteiger partial charge in [-0.1, -0.05) is 11.6 Å². The zero-order valence-electron chi connectivity index (χ0n) is 11.1. The molecule has 0 aliphatic carbocycles. The monoisotopic (exact) mass is 291 g/mol. The van der Waals surface area contributed by atoms with E-state index in [1.807, 2.05) is 6.07 Å². The molecule has 0 amide bonds. The molecule has 104 valence electrons. The van der Waals surface area contributed by atoms with Crippen molar-refractivity contribution in [1.82, 2.24) is 14.8 Å². The molecule has 2 aromatic rings. The van der Waals surface area contributed by atoms with E-state index in [0.29, 0.717) is 16.4 Å². The lowest BCUT2D eigenvalue weighted by atomic mass is 10.00. The number of nitrogens with zero attached hydrogens (tertiary/aromatic N) is 4. The molecular formula is C13H14ClN5O. The summed E-state index contributed by atoms with van der Waals surface area (Å²) in [6.45, 7) is 1.91. The Balaban J connectivity index is 2.10. The fourth-order valence-corrected chi connectivity index (χ4v) is 1.83. The topological polar surface area (TPSA) is 86.8 Å². The van der Waals surface area contributed by atoms with Crippen LogP contribution in [-0.4, -0.2) is 26.4 Å². The van der Waals surface area contributed by atoms with Gasteiger partial charge in [0.2, 0.25) is 0 Å². The number of pyridine rings is 1. The zero-order valence-corrected chi connectivity index (χ0v) is 11.9. The van der Waals surface area contributed by atoms with Gasteiger partial charge in [0.1, 0.15) is 17.5 Å². The van der Waals surface area contributed by atoms with E-state index >= 15 is 0 Å². The summed E-state index contributed by atoms with van der Waals surface area (Å²) in [7, 11) is 1.78. The second kappa shape index (κ2) is 5.49. The molecule has 20 heavy (non-hydrogen) atoms. The number of aromatic nitrogens is 3. The average Bonchev–Trinajstić information content (AvgIpc) is 2.85. The lowest BCUT2D eigenvalue weighted by Gasteiger charge is -2.22. The summed E-state index contributed by atoms with van der Waals surface area (Å²) in [6, 6.07) is 5.16. The van der Waals surface area contributed by atoms with E-state index in [4.69, 9.17) is 16.9 Å². The molecule has 0 spiro atoms. The molecule has 7 heteroatoms. The molecule has 0 unspecified atom stereocenters. The Kier molecular flexibility index (Phi) is 3.93. The molecule has 0 aromatic carbocycles. The van der Waals surface area contributed by atoms with Crippen molar-refractivity contribution in [3.05, 3.63) is 40.8 Å². The van der Waals surface area contributed by atoms with Crippen molar-refractivity contribution in [2.75, 3.05) is 11.9 Å². The first-order valence-corrected chi connectivity index (χ1v) is 6.32. The van der Waals surface area contributed by atoms with Crippen LogP contribution in [0.5, 0.6) is 0 Å². The van der Waals surface area contributed by atoms with Crippen molar-refractivity contribution >= 4 is 17.4 Å². The summed E-state index contributed by atoms with van der Waals surface area (Å²) in [5.74, 6) is 0.482. The molecular weight excluding hydrogens is 278 g/mol. The van der Waals surface area contributed by atoms with E-state index in [1.54, 1.807) is 43.2 Å². The van der Waals surface area contributed by atoms with E-state index in [-0.39, 0.29) is 12.2 Å². The Bertz CT molecular complexity index is 659. The van der Waals surface area contributed by atoms with Crippen LogP contribution in [0.4, 0.5) is 5.82 Å². The fraction of sp³-hybridized carbons (Fsp3) is 0.308. The summed E-state index contributed by atoms with van der Waals surface area (Å²) in [5, 5.41) is 26.6. The number of nitrogens with one attached hydrogen (secondary N) is 1. The number of aliphatic hydroxyl groups is 1. The van der Waals surface area contributed by atoms with Crippen LogP contribution < -0.4 is 5.32 Å². The second-order valence-corrected chi connectivity index (χ2v) is 5.08. The van der Waals surface area contributed by atoms with E-state index < -0.39 is 5.60 Å². The number of hydrogen-bond donors (Lipinski definition) is 2. The number of rotatable bonds is 4. The molecule has 0 radical (unpaired) electrons. The molecule has 0 fully saturated rings. The van der Waals surface area contributed by atoms with Crippen molar-refractivity contribution in [3.63, 3.8) is 0 Å². The largest absolute Gasteiger partial charge is 0.383 e. The molecule has 2 rings (SSSR count). The van der Waals surface area contributed by atoms with Crippen LogP contribution in [0.1, 0.15) is 18.2 Å². The van der Waals surface area contributed by atoms with Crippen LogP contribution in [0.25, 0.3) is 0 Å². The van der Waals surface area contributed by atoms with Gasteiger partial charge in [-0.25, -0.2) is 4.98 Å². The fourth-order valence-electron chi connectivity index (χ4n) is 1.68. The van der Waals surface area contributed by atoms with Crippen molar-refractivity contribution < 1.29 is 5.11 Å². The van der Waals surface area contributed by atoms with Crippen LogP contribution >= 0.6 is 11.6 Å². The van der Waals surface area contributed by atoms with Gasteiger partial charge in [-0.05, 0) is 19.1 Å². The molecule has 2 N–H and O–H groups in total. The van der Waals surface area contributed by atoms with Gasteiger partial charge < -0.3 is 10.4 Å². The van der Waals surface area contributed by atoms with Crippen LogP contribution in [0.15, 0.2) is 24.5 Å². The summed E-state index contributed by atoms with van der Waals surface area (Å²) < 4.78 is 1.62. The minimum absolute atomic E-state index is 0.151. The van der Waals surface area contributed by atoms with Crippen molar-refractivity contribution in [2.45, 2.75) is 12.5 Å². The third-order valence-corrected chi connectivity index (χ3v) is 3.20. The van der Waals surface area contributed by atoms with Gasteiger partial charge in [0, 0.05) is 25.4 Å². The Labute approximate surface area is 121 Å². The Morgan fingerprint density at radius 3 is 2.90 bits per heavy atom. The minimum Gasteiger partial charge on any atom is -0.383 e. The summed E-state index contributed by atoms with van der Waals surface area (Å²) in [6.07, 6.45) is 3.36. The van der Waals surface area contributed by atoms with Gasteiger partial charge in [-0.3, -0.25) is 4.68 Å². The van der Waals surface area contributed by atoms with E-state index in [2.05, 4.69) is 15.4 Å². The number of hydrogen-bond acceptors (Lipinski definition) is 5. The summed E-state index contributed by atoms with van der Waals surface area (Å²) >= 11 is 5.81. The van der Waals surface area contributed by atoms with Gasteiger partial charge in [-0.2, -0.15) is 10.4 Å². The van der Waals surface area contributed by atoms with Crippen molar-refractivity contribution in [3.8, 4) is 6.07 Å². The maximum Gasteiger partial charge on any atom is 0.161 e. The van der Waals surface area contributed by atoms with Crippen LogP contribution in [-0.2, 0) is 12.6 Å². The molecule has 0 aliphatic heterocycles. The Hall–Kier alpha value is -2.10. The average molecular weight is 292 g/mol. The normalized spacial score (nSPS) is 13.6. The van der Waals surface area contributed by atoms with E-state index in [1.165, 1.54) is 0 Å². The number of halogens is 1. The summed E-state index contributed by atoms with van der Waals surface area (Å²) in [5.41, 5.74) is -0.248. The predicted octanol–water partition coefficient (Wildman–Crippen LogP) is 1.66. The highest BCUT2D eigenvalue weighted by molar-refractivity contribution is 6.31. The highest BCUT2D eigenvalue weighted by Gasteiger charge is 2.24. The molecule has 2 heterocycles. The first-order chi connectivity index (χ1) is 9.42. The second-order valence-electron chi connectivity index (χ2n) is 4.67. The van der Waals surface area contributed by atoms with Gasteiger partial charge >= 0.3 is 0 Å². The Morgan fingerprint density at radius 2 is 2.30 bits per heavy atom. The minimum atomic E-state index is -1.09. The number of anilines is 1. The maximum atomic E-state index is 10.4. The summed E-state index contributed by atoms with van der Waals surface area (Å²) in [4.78, 5) is 4.06. The lowest BCUT2D eigenvalue weighted by Crippen LogP contribution is -2.30. The van der Waals surface area contributed by atoms with Crippen molar-refractivity contribution in [2.24, 2.45) is 7.05 Å². The van der Waals surface area contributed by atoms with E-state index in [0.717, 1.165) is 0 Å². The molecule has 0 bridgehead atoms. The van der Waals surface area contributed by atoms with Crippen LogP contribution in [0, 0.1) is 11.3 Å². The van der Waals surface area contributed by atoms with Crippen LogP contribution in [0.2, 0.25) is 5.02 Å². The van der Waals surface area contributed by atoms with Crippen molar-refractivity contribution in [1.29, 1.82) is 5.26 Å². The van der Waals surface area contributed by atoms with Crippen LogP contribution in [0.3, 0.4) is 0 Å². The molecule has 1 atom stereocenters. The van der Waals surface area contributed by atoms with Gasteiger partial charge in [0.05, 0.1) is 11.2 Å². The molecule has 0 saturated carbocycles. The van der Waals surface area contributed by atoms with Gasteiger partial charge in [0.25, 0.3) is 0 Å². The predicted molar refractivity (Wildman–Crippen MR) is 75.2 cm³/mol. The first-order valence-electron chi connectivity index (χ1n) is 5.94. The molecule has 0 saturated heterocycles. The molecule has 2 aromatic heterocycles. The Morgan fingerprint density at radius 1 is 1.55 bits per heavy atom. The van der Waals surface area contributed by atoms with Gasteiger partial charge in [0.15, 0.2) is 5.69 Å². The third-order valence-electron chi connectivity index (χ3n) is 2.89. The SMILES string of the molecule is Cn1cc([C@](C)(O)CNc2ccc(Cl)c(C#N)n2)cn1.